The Labute approximate surface area is 166 Å². The van der Waals surface area contributed by atoms with Crippen molar-refractivity contribution in [1.82, 2.24) is 5.27 Å². The maximum Gasteiger partial charge on any atom is 0.309 e. The largest absolute Gasteiger partial charge is 0.454 e. The summed E-state index contributed by atoms with van der Waals surface area (Å²) in [5.41, 5.74) is 1.38. The van der Waals surface area contributed by atoms with Crippen molar-refractivity contribution in [3.63, 3.8) is 0 Å². The molecular formula is C18H17N4O6S+. The average molecular weight is 417 g/mol. The molecule has 0 aliphatic carbocycles. The van der Waals surface area contributed by atoms with Crippen molar-refractivity contribution in [3.8, 4) is 11.5 Å². The second-order valence-electron chi connectivity index (χ2n) is 6.26. The first-order chi connectivity index (χ1) is 13.9. The van der Waals surface area contributed by atoms with E-state index in [1.165, 1.54) is 42.1 Å². The number of ether oxygens (including phenoxy) is 2. The van der Waals surface area contributed by atoms with Gasteiger partial charge in [-0.15, -0.1) is 0 Å². The summed E-state index contributed by atoms with van der Waals surface area (Å²) in [7, 11) is -3.87. The van der Waals surface area contributed by atoms with Crippen LogP contribution in [0.2, 0.25) is 0 Å². The molecule has 11 heteroatoms. The molecule has 0 fully saturated rings. The fourth-order valence-corrected chi connectivity index (χ4v) is 3.70. The molecule has 29 heavy (non-hydrogen) atoms. The summed E-state index contributed by atoms with van der Waals surface area (Å²) in [6.07, 6.45) is 1.44. The van der Waals surface area contributed by atoms with Gasteiger partial charge >= 0.3 is 5.88 Å². The Morgan fingerprint density at radius 2 is 1.90 bits per heavy atom. The number of sulfonamides is 1. The van der Waals surface area contributed by atoms with Crippen molar-refractivity contribution >= 4 is 27.5 Å². The summed E-state index contributed by atoms with van der Waals surface area (Å²) in [5, 5.41) is 6.40. The number of carbonyl (C=O) groups is 1. The predicted octanol–water partition coefficient (Wildman–Crippen LogP) is 1.50. The zero-order chi connectivity index (χ0) is 20.4. The van der Waals surface area contributed by atoms with Gasteiger partial charge in [0.1, 0.15) is 0 Å². The van der Waals surface area contributed by atoms with E-state index in [1.54, 1.807) is 6.07 Å². The fourth-order valence-electron chi connectivity index (χ4n) is 2.74. The van der Waals surface area contributed by atoms with Gasteiger partial charge in [0.25, 0.3) is 16.2 Å². The Bertz CT molecular complexity index is 1160. The Kier molecular flexibility index (Phi) is 4.80. The predicted molar refractivity (Wildman–Crippen MR) is 99.9 cm³/mol. The highest BCUT2D eigenvalue weighted by Crippen LogP contribution is 2.32. The van der Waals surface area contributed by atoms with Crippen molar-refractivity contribution < 1.29 is 31.9 Å². The maximum atomic E-state index is 12.5. The lowest BCUT2D eigenvalue weighted by Gasteiger charge is -2.05. The molecule has 0 bridgehead atoms. The number of amides is 1. The zero-order valence-electron chi connectivity index (χ0n) is 15.3. The van der Waals surface area contributed by atoms with Crippen LogP contribution >= 0.6 is 0 Å². The van der Waals surface area contributed by atoms with Gasteiger partial charge < -0.3 is 14.8 Å². The van der Waals surface area contributed by atoms with Gasteiger partial charge in [0.2, 0.25) is 24.5 Å². The minimum absolute atomic E-state index is 0.0188. The number of nitrogens with one attached hydrogen (secondary N) is 2. The SMILES string of the molecule is CC(=O)Nc1ccc(S(=O)(=O)Nc2c[n+](Cc3ccc4c(c3)OCO4)no2)cc1. The zero-order valence-corrected chi connectivity index (χ0v) is 16.1. The van der Waals surface area contributed by atoms with Gasteiger partial charge in [0.15, 0.2) is 11.5 Å². The van der Waals surface area contributed by atoms with E-state index < -0.39 is 10.0 Å². The molecule has 2 aromatic carbocycles. The molecule has 1 aromatic heterocycles. The standard InChI is InChI=1S/C18H16N4O6S/c1-12(23)19-14-3-5-15(6-4-14)29(24,25)20-18-10-22(21-28-18)9-13-2-7-16-17(8-13)27-11-26-16/h2-8,10H,9,11H2,1H3,(H-,19,20,21,23)/p+1. The van der Waals surface area contributed by atoms with E-state index in [0.29, 0.717) is 23.7 Å². The van der Waals surface area contributed by atoms with Crippen LogP contribution in [0.3, 0.4) is 0 Å². The number of nitrogens with zero attached hydrogens (tertiary/aromatic N) is 2. The van der Waals surface area contributed by atoms with Gasteiger partial charge in [0.05, 0.1) is 4.90 Å². The van der Waals surface area contributed by atoms with Crippen LogP contribution in [-0.2, 0) is 21.4 Å². The van der Waals surface area contributed by atoms with Gasteiger partial charge in [-0.3, -0.25) is 9.32 Å². The van der Waals surface area contributed by atoms with Gasteiger partial charge in [-0.25, -0.2) is 13.1 Å². The molecule has 0 saturated heterocycles. The number of aromatic nitrogens is 2. The summed E-state index contributed by atoms with van der Waals surface area (Å²) in [6, 6.07) is 11.2. The van der Waals surface area contributed by atoms with E-state index in [2.05, 4.69) is 15.3 Å². The fraction of sp³-hybridized carbons (Fsp3) is 0.167. The van der Waals surface area contributed by atoms with Crippen molar-refractivity contribution in [2.45, 2.75) is 18.4 Å². The van der Waals surface area contributed by atoms with Gasteiger partial charge in [0, 0.05) is 18.2 Å². The first-order valence-electron chi connectivity index (χ1n) is 8.54. The van der Waals surface area contributed by atoms with Crippen LogP contribution in [0.15, 0.2) is 58.1 Å². The van der Waals surface area contributed by atoms with E-state index in [0.717, 1.165) is 5.56 Å². The topological polar surface area (TPSA) is 124 Å². The minimum atomic E-state index is -3.87. The van der Waals surface area contributed by atoms with Crippen LogP contribution in [0.1, 0.15) is 12.5 Å². The highest BCUT2D eigenvalue weighted by Gasteiger charge is 2.21. The quantitative estimate of drug-likeness (QED) is 0.583. The van der Waals surface area contributed by atoms with Crippen molar-refractivity contribution in [3.05, 3.63) is 54.2 Å². The lowest BCUT2D eigenvalue weighted by molar-refractivity contribution is -0.754. The molecule has 4 rings (SSSR count). The number of benzene rings is 2. The molecule has 2 N–H and O–H groups in total. The third-order valence-corrected chi connectivity index (χ3v) is 5.37. The monoisotopic (exact) mass is 417 g/mol. The molecule has 3 aromatic rings. The summed E-state index contributed by atoms with van der Waals surface area (Å²) in [5.74, 6) is 1.05. The smallest absolute Gasteiger partial charge is 0.309 e. The second-order valence-corrected chi connectivity index (χ2v) is 7.94. The summed E-state index contributed by atoms with van der Waals surface area (Å²) < 4.78 is 44.5. The Morgan fingerprint density at radius 3 is 2.66 bits per heavy atom. The average Bonchev–Trinajstić information content (AvgIpc) is 3.30. The van der Waals surface area contributed by atoms with Crippen LogP contribution in [0.5, 0.6) is 11.5 Å². The van der Waals surface area contributed by atoms with Crippen LogP contribution in [0.4, 0.5) is 11.6 Å². The third kappa shape index (κ3) is 4.29. The molecule has 1 aliphatic heterocycles. The number of carbonyl (C=O) groups excluding carboxylic acids is 1. The molecule has 0 unspecified atom stereocenters. The molecule has 0 atom stereocenters. The third-order valence-electron chi connectivity index (χ3n) is 4.01. The van der Waals surface area contributed by atoms with E-state index in [4.69, 9.17) is 14.0 Å². The Morgan fingerprint density at radius 1 is 1.14 bits per heavy atom. The summed E-state index contributed by atoms with van der Waals surface area (Å²) in [4.78, 5) is 11.1. The highest BCUT2D eigenvalue weighted by atomic mass is 32.2. The van der Waals surface area contributed by atoms with Crippen LogP contribution in [-0.4, -0.2) is 26.4 Å². The first kappa shape index (κ1) is 18.7. The lowest BCUT2D eigenvalue weighted by Crippen LogP contribution is -2.35. The van der Waals surface area contributed by atoms with E-state index >= 15 is 0 Å². The highest BCUT2D eigenvalue weighted by molar-refractivity contribution is 7.92. The Balaban J connectivity index is 1.44. The normalized spacial score (nSPS) is 12.6. The number of anilines is 2. The van der Waals surface area contributed by atoms with E-state index in [-0.39, 0.29) is 23.5 Å². The van der Waals surface area contributed by atoms with Crippen molar-refractivity contribution in [1.29, 1.82) is 0 Å². The molecule has 1 amide bonds. The molecular weight excluding hydrogens is 400 g/mol. The van der Waals surface area contributed by atoms with Gasteiger partial charge in [-0.2, -0.15) is 0 Å². The number of hydrogen-bond donors (Lipinski definition) is 2. The van der Waals surface area contributed by atoms with Crippen LogP contribution in [0, 0.1) is 0 Å². The summed E-state index contributed by atoms with van der Waals surface area (Å²) >= 11 is 0. The number of hydrogen-bond acceptors (Lipinski definition) is 7. The molecule has 0 saturated carbocycles. The number of rotatable bonds is 6. The van der Waals surface area contributed by atoms with Crippen LogP contribution < -0.4 is 24.2 Å². The van der Waals surface area contributed by atoms with Crippen molar-refractivity contribution in [2.75, 3.05) is 16.8 Å². The second kappa shape index (κ2) is 7.43. The van der Waals surface area contributed by atoms with Gasteiger partial charge in [-0.05, 0) is 47.1 Å². The number of fused-ring (bicyclic) bond motifs is 1. The minimum Gasteiger partial charge on any atom is -0.454 e. The molecule has 0 radical (unpaired) electrons. The summed E-state index contributed by atoms with van der Waals surface area (Å²) in [6.45, 7) is 1.91. The molecule has 2 heterocycles. The molecule has 10 nitrogen and oxygen atoms in total. The Hall–Kier alpha value is -3.60. The van der Waals surface area contributed by atoms with Crippen molar-refractivity contribution in [2.24, 2.45) is 0 Å². The van der Waals surface area contributed by atoms with E-state index in [9.17, 15) is 13.2 Å². The van der Waals surface area contributed by atoms with Gasteiger partial charge in [-0.1, -0.05) is 0 Å². The molecule has 150 valence electrons. The maximum absolute atomic E-state index is 12.5. The van der Waals surface area contributed by atoms with Crippen LogP contribution in [0.25, 0.3) is 0 Å². The first-order valence-corrected chi connectivity index (χ1v) is 10.0. The molecule has 1 aliphatic rings. The van der Waals surface area contributed by atoms with E-state index in [1.807, 2.05) is 12.1 Å². The molecule has 0 spiro atoms. The lowest BCUT2D eigenvalue weighted by atomic mass is 10.2.